The van der Waals surface area contributed by atoms with Crippen molar-refractivity contribution in [2.24, 2.45) is 0 Å². The number of benzene rings is 2. The Bertz CT molecular complexity index is 531. The molecule has 0 saturated heterocycles. The Kier molecular flexibility index (Phi) is 4.25. The predicted molar refractivity (Wildman–Crippen MR) is 77.6 cm³/mol. The van der Waals surface area contributed by atoms with Crippen LogP contribution in [0.3, 0.4) is 0 Å². The molecule has 0 aliphatic heterocycles. The molecule has 1 nitrogen and oxygen atoms in total. The fraction of sp³-hybridized carbons (Fsp3) is 0.143. The fourth-order valence-electron chi connectivity index (χ4n) is 1.61. The first-order valence-electron chi connectivity index (χ1n) is 5.50. The summed E-state index contributed by atoms with van der Waals surface area (Å²) in [7, 11) is 0. The maximum atomic E-state index is 13.1. The Morgan fingerprint density at radius 3 is 2.50 bits per heavy atom. The van der Waals surface area contributed by atoms with E-state index in [2.05, 4.69) is 33.4 Å². The van der Waals surface area contributed by atoms with E-state index in [9.17, 15) is 4.39 Å². The smallest absolute Gasteiger partial charge is 0.125 e. The molecule has 0 aliphatic rings. The van der Waals surface area contributed by atoms with Crippen LogP contribution in [0.1, 0.15) is 11.1 Å². The highest BCUT2D eigenvalue weighted by molar-refractivity contribution is 9.10. The summed E-state index contributed by atoms with van der Waals surface area (Å²) in [6.45, 7) is 2.69. The van der Waals surface area contributed by atoms with Gasteiger partial charge in [-0.2, -0.15) is 0 Å². The van der Waals surface area contributed by atoms with Gasteiger partial charge in [-0.3, -0.25) is 0 Å². The first-order chi connectivity index (χ1) is 8.56. The van der Waals surface area contributed by atoms with E-state index in [1.54, 1.807) is 0 Å². The number of aryl methyl sites for hydroxylation is 1. The summed E-state index contributed by atoms with van der Waals surface area (Å²) in [6, 6.07) is 10.9. The molecule has 4 heteroatoms. The van der Waals surface area contributed by atoms with Crippen molar-refractivity contribution >= 4 is 33.2 Å². The van der Waals surface area contributed by atoms with Crippen LogP contribution in [0.2, 0.25) is 5.02 Å². The number of anilines is 1. The van der Waals surface area contributed by atoms with E-state index in [1.807, 2.05) is 19.1 Å². The van der Waals surface area contributed by atoms with Crippen molar-refractivity contribution in [3.8, 4) is 0 Å². The third-order valence-electron chi connectivity index (χ3n) is 2.60. The predicted octanol–water partition coefficient (Wildman–Crippen LogP) is 5.16. The Labute approximate surface area is 119 Å². The van der Waals surface area contributed by atoms with Gasteiger partial charge in [-0.1, -0.05) is 41.4 Å². The first kappa shape index (κ1) is 13.4. The van der Waals surface area contributed by atoms with Crippen LogP contribution in [0.5, 0.6) is 0 Å². The monoisotopic (exact) mass is 327 g/mol. The molecule has 94 valence electrons. The Morgan fingerprint density at radius 1 is 1.22 bits per heavy atom. The van der Waals surface area contributed by atoms with E-state index in [4.69, 9.17) is 11.6 Å². The molecular formula is C14H12BrClFN. The molecule has 0 saturated carbocycles. The van der Waals surface area contributed by atoms with Gasteiger partial charge in [-0.15, -0.1) is 0 Å². The minimum atomic E-state index is -0.354. The molecule has 0 radical (unpaired) electrons. The van der Waals surface area contributed by atoms with Crippen LogP contribution >= 0.6 is 27.5 Å². The van der Waals surface area contributed by atoms with Crippen molar-refractivity contribution in [2.45, 2.75) is 13.5 Å². The van der Waals surface area contributed by atoms with Crippen molar-refractivity contribution in [3.05, 3.63) is 62.8 Å². The highest BCUT2D eigenvalue weighted by Crippen LogP contribution is 2.31. The van der Waals surface area contributed by atoms with Crippen LogP contribution in [0, 0.1) is 12.7 Å². The summed E-state index contributed by atoms with van der Waals surface area (Å²) >= 11 is 9.29. The lowest BCUT2D eigenvalue weighted by Gasteiger charge is -2.11. The van der Waals surface area contributed by atoms with E-state index in [0.717, 1.165) is 5.56 Å². The second-order valence-electron chi connectivity index (χ2n) is 4.08. The van der Waals surface area contributed by atoms with Crippen molar-refractivity contribution < 1.29 is 4.39 Å². The van der Waals surface area contributed by atoms with Gasteiger partial charge in [0.15, 0.2) is 0 Å². The number of hydrogen-bond donors (Lipinski definition) is 1. The lowest BCUT2D eigenvalue weighted by molar-refractivity contribution is 0.627. The number of nitrogens with one attached hydrogen (secondary N) is 1. The molecule has 2 rings (SSSR count). The van der Waals surface area contributed by atoms with Crippen LogP contribution in [0.4, 0.5) is 10.1 Å². The number of rotatable bonds is 3. The van der Waals surface area contributed by atoms with Gasteiger partial charge >= 0.3 is 0 Å². The minimum absolute atomic E-state index is 0.354. The quantitative estimate of drug-likeness (QED) is 0.820. The highest BCUT2D eigenvalue weighted by Gasteiger charge is 2.07. The number of halogens is 3. The van der Waals surface area contributed by atoms with Gasteiger partial charge in [-0.25, -0.2) is 4.39 Å². The van der Waals surface area contributed by atoms with Gasteiger partial charge in [-0.05, 0) is 40.5 Å². The lowest BCUT2D eigenvalue weighted by atomic mass is 10.1. The van der Waals surface area contributed by atoms with Gasteiger partial charge in [0.25, 0.3) is 0 Å². The second kappa shape index (κ2) is 5.72. The van der Waals surface area contributed by atoms with Crippen molar-refractivity contribution in [1.82, 2.24) is 0 Å². The molecule has 0 aliphatic carbocycles. The van der Waals surface area contributed by atoms with Gasteiger partial charge < -0.3 is 5.32 Å². The molecule has 0 unspecified atom stereocenters. The molecule has 1 N–H and O–H groups in total. The normalized spacial score (nSPS) is 10.4. The maximum Gasteiger partial charge on any atom is 0.125 e. The van der Waals surface area contributed by atoms with Gasteiger partial charge in [0.05, 0.1) is 10.7 Å². The molecule has 0 fully saturated rings. The molecule has 2 aromatic rings. The molecule has 0 atom stereocenters. The lowest BCUT2D eigenvalue weighted by Crippen LogP contribution is -2.01. The Balaban J connectivity index is 2.13. The average Bonchev–Trinajstić information content (AvgIpc) is 2.30. The topological polar surface area (TPSA) is 12.0 Å². The number of hydrogen-bond acceptors (Lipinski definition) is 1. The third-order valence-corrected chi connectivity index (χ3v) is 3.52. The van der Waals surface area contributed by atoms with E-state index in [-0.39, 0.29) is 5.82 Å². The van der Waals surface area contributed by atoms with Gasteiger partial charge in [0.1, 0.15) is 5.82 Å². The summed E-state index contributed by atoms with van der Waals surface area (Å²) in [6.07, 6.45) is 0. The minimum Gasteiger partial charge on any atom is -0.379 e. The summed E-state index contributed by atoms with van der Waals surface area (Å²) in [5.74, 6) is -0.354. The second-order valence-corrected chi connectivity index (χ2v) is 5.35. The van der Waals surface area contributed by atoms with Crippen molar-refractivity contribution in [3.63, 3.8) is 0 Å². The first-order valence-corrected chi connectivity index (χ1v) is 6.67. The Morgan fingerprint density at radius 2 is 1.89 bits per heavy atom. The summed E-state index contributed by atoms with van der Waals surface area (Å²) < 4.78 is 13.7. The van der Waals surface area contributed by atoms with Crippen molar-refractivity contribution in [1.29, 1.82) is 0 Å². The molecule has 0 amide bonds. The zero-order chi connectivity index (χ0) is 13.1. The zero-order valence-corrected chi connectivity index (χ0v) is 12.1. The standard InChI is InChI=1S/C14H12BrClFN/c1-9-2-4-10(5-3-9)8-18-14-12(15)6-11(17)7-13(14)16/h2-7,18H,8H2,1H3. The molecule has 18 heavy (non-hydrogen) atoms. The third kappa shape index (κ3) is 3.24. The Hall–Kier alpha value is -1.06. The van der Waals surface area contributed by atoms with Crippen LogP contribution in [-0.2, 0) is 6.54 Å². The molecule has 0 spiro atoms. The summed E-state index contributed by atoms with van der Waals surface area (Å²) in [5, 5.41) is 3.57. The highest BCUT2D eigenvalue weighted by atomic mass is 79.9. The molecule has 0 heterocycles. The van der Waals surface area contributed by atoms with Crippen LogP contribution in [0.15, 0.2) is 40.9 Å². The van der Waals surface area contributed by atoms with Gasteiger partial charge in [0, 0.05) is 11.0 Å². The molecule has 2 aromatic carbocycles. The molecule has 0 bridgehead atoms. The summed E-state index contributed by atoms with van der Waals surface area (Å²) in [4.78, 5) is 0. The maximum absolute atomic E-state index is 13.1. The van der Waals surface area contributed by atoms with Crippen molar-refractivity contribution in [2.75, 3.05) is 5.32 Å². The fourth-order valence-corrected chi connectivity index (χ4v) is 2.57. The molecular weight excluding hydrogens is 317 g/mol. The zero-order valence-electron chi connectivity index (χ0n) is 9.81. The SMILES string of the molecule is Cc1ccc(CNc2c(Cl)cc(F)cc2Br)cc1. The summed E-state index contributed by atoms with van der Waals surface area (Å²) in [5.41, 5.74) is 3.08. The van der Waals surface area contributed by atoms with Crippen LogP contribution in [0.25, 0.3) is 0 Å². The van der Waals surface area contributed by atoms with Crippen LogP contribution in [-0.4, -0.2) is 0 Å². The van der Waals surface area contributed by atoms with E-state index in [0.29, 0.717) is 21.7 Å². The average molecular weight is 329 g/mol. The van der Waals surface area contributed by atoms with E-state index >= 15 is 0 Å². The van der Waals surface area contributed by atoms with E-state index in [1.165, 1.54) is 17.7 Å². The largest absolute Gasteiger partial charge is 0.379 e. The van der Waals surface area contributed by atoms with Gasteiger partial charge in [0.2, 0.25) is 0 Å². The molecule has 0 aromatic heterocycles. The van der Waals surface area contributed by atoms with Crippen LogP contribution < -0.4 is 5.32 Å². The van der Waals surface area contributed by atoms with E-state index < -0.39 is 0 Å².